The quantitative estimate of drug-likeness (QED) is 0.525. The molecule has 0 spiro atoms. The average molecular weight is 369 g/mol. The van der Waals surface area contributed by atoms with E-state index in [1.54, 1.807) is 11.3 Å². The van der Waals surface area contributed by atoms with Crippen molar-refractivity contribution in [1.29, 1.82) is 0 Å². The van der Waals surface area contributed by atoms with Crippen molar-refractivity contribution in [1.82, 2.24) is 9.47 Å². The van der Waals surface area contributed by atoms with Gasteiger partial charge in [0.25, 0.3) is 0 Å². The third-order valence-electron chi connectivity index (χ3n) is 4.72. The van der Waals surface area contributed by atoms with E-state index in [-0.39, 0.29) is 0 Å². The molecule has 0 saturated heterocycles. The Labute approximate surface area is 159 Å². The van der Waals surface area contributed by atoms with Gasteiger partial charge in [-0.05, 0) is 36.8 Å². The second-order valence-corrected chi connectivity index (χ2v) is 7.90. The summed E-state index contributed by atoms with van der Waals surface area (Å²) in [5.74, 6) is 0. The van der Waals surface area contributed by atoms with E-state index in [1.165, 1.54) is 16.8 Å². The number of thiazole rings is 1. The number of rotatable bonds is 7. The van der Waals surface area contributed by atoms with E-state index in [0.717, 1.165) is 23.3 Å². The van der Waals surface area contributed by atoms with Crippen LogP contribution in [0.4, 0.5) is 0 Å². The van der Waals surface area contributed by atoms with E-state index in [9.17, 15) is 0 Å². The molecular formula is C21H24N2S2. The summed E-state index contributed by atoms with van der Waals surface area (Å²) in [4.78, 5) is 2.46. The molecule has 0 aliphatic rings. The summed E-state index contributed by atoms with van der Waals surface area (Å²) in [5, 5.41) is 2.20. The summed E-state index contributed by atoms with van der Waals surface area (Å²) in [5.41, 5.74) is 4.04. The van der Waals surface area contributed by atoms with Gasteiger partial charge in [-0.15, -0.1) is 11.3 Å². The minimum atomic E-state index is 0.347. The summed E-state index contributed by atoms with van der Waals surface area (Å²) in [7, 11) is 4.29. The Hall–Kier alpha value is -1.75. The molecule has 3 rings (SSSR count). The lowest BCUT2D eigenvalue weighted by Gasteiger charge is -2.29. The molecule has 0 bridgehead atoms. The van der Waals surface area contributed by atoms with E-state index in [0.29, 0.717) is 6.04 Å². The van der Waals surface area contributed by atoms with Crippen molar-refractivity contribution in [2.45, 2.75) is 18.9 Å². The highest BCUT2D eigenvalue weighted by molar-refractivity contribution is 7.73. The van der Waals surface area contributed by atoms with Crippen molar-refractivity contribution in [3.8, 4) is 0 Å². The first-order valence-corrected chi connectivity index (χ1v) is 9.86. The van der Waals surface area contributed by atoms with Gasteiger partial charge < -0.3 is 4.57 Å². The number of nitrogens with zero attached hydrogens (tertiary/aromatic N) is 2. The Bertz CT molecular complexity index is 837. The molecule has 25 heavy (non-hydrogen) atoms. The van der Waals surface area contributed by atoms with Gasteiger partial charge in [0.05, 0.1) is 0 Å². The van der Waals surface area contributed by atoms with Gasteiger partial charge in [0.1, 0.15) is 0 Å². The van der Waals surface area contributed by atoms with E-state index in [2.05, 4.69) is 89.6 Å². The van der Waals surface area contributed by atoms with Gasteiger partial charge >= 0.3 is 0 Å². The number of likely N-dealkylation sites (N-methyl/N-ethyl adjacent to an activating group) is 1. The summed E-state index contributed by atoms with van der Waals surface area (Å²) in [6.45, 7) is 1.03. The zero-order valence-corrected chi connectivity index (χ0v) is 16.4. The van der Waals surface area contributed by atoms with Crippen molar-refractivity contribution < 1.29 is 0 Å². The van der Waals surface area contributed by atoms with E-state index >= 15 is 0 Å². The fourth-order valence-corrected chi connectivity index (χ4v) is 4.11. The zero-order valence-electron chi connectivity index (χ0n) is 14.8. The molecule has 0 amide bonds. The van der Waals surface area contributed by atoms with Crippen LogP contribution in [0.25, 0.3) is 0 Å². The molecule has 130 valence electrons. The lowest BCUT2D eigenvalue weighted by atomic mass is 10.00. The number of hydrogen-bond donors (Lipinski definition) is 0. The molecular weight excluding hydrogens is 344 g/mol. The van der Waals surface area contributed by atoms with E-state index in [4.69, 9.17) is 12.2 Å². The first-order valence-electron chi connectivity index (χ1n) is 8.57. The first kappa shape index (κ1) is 18.1. The van der Waals surface area contributed by atoms with Gasteiger partial charge in [-0.25, -0.2) is 0 Å². The highest BCUT2D eigenvalue weighted by atomic mass is 32.1. The third-order valence-corrected chi connectivity index (χ3v) is 6.14. The molecule has 0 N–H and O–H groups in total. The minimum absolute atomic E-state index is 0.347. The normalized spacial score (nSPS) is 12.4. The molecule has 0 fully saturated rings. The zero-order chi connectivity index (χ0) is 17.6. The van der Waals surface area contributed by atoms with Gasteiger partial charge in [-0.2, -0.15) is 0 Å². The highest BCUT2D eigenvalue weighted by Gasteiger charge is 2.19. The summed E-state index contributed by atoms with van der Waals surface area (Å²) < 4.78 is 3.08. The lowest BCUT2D eigenvalue weighted by Crippen LogP contribution is -2.29. The predicted octanol–water partition coefficient (Wildman–Crippen LogP) is 5.27. The maximum atomic E-state index is 5.39. The van der Waals surface area contributed by atoms with Crippen LogP contribution in [0, 0.1) is 3.95 Å². The van der Waals surface area contributed by atoms with Gasteiger partial charge in [0.15, 0.2) is 3.95 Å². The Kier molecular flexibility index (Phi) is 6.19. The van der Waals surface area contributed by atoms with Crippen molar-refractivity contribution >= 4 is 23.6 Å². The topological polar surface area (TPSA) is 8.17 Å². The minimum Gasteiger partial charge on any atom is -0.330 e. The molecule has 2 nitrogen and oxygen atoms in total. The molecule has 3 aromatic rings. The van der Waals surface area contributed by atoms with Crippen molar-refractivity contribution in [2.75, 3.05) is 13.6 Å². The predicted molar refractivity (Wildman–Crippen MR) is 110 cm³/mol. The van der Waals surface area contributed by atoms with E-state index in [1.807, 2.05) is 0 Å². The van der Waals surface area contributed by atoms with Crippen LogP contribution in [-0.2, 0) is 19.9 Å². The second kappa shape index (κ2) is 8.56. The molecule has 0 aliphatic carbocycles. The standard InChI is InChI=1S/C21H24N2S2/c1-22(14-13-17-9-5-3-6-10-17)20(18-11-7-4-8-12-18)15-19-16-25-21(24)23(19)2/h3-12,16,20H,13-15H2,1-2H3. The Morgan fingerprint density at radius 1 is 1.04 bits per heavy atom. The maximum absolute atomic E-state index is 5.39. The summed E-state index contributed by atoms with van der Waals surface area (Å²) in [6, 6.07) is 21.8. The Morgan fingerprint density at radius 3 is 2.28 bits per heavy atom. The number of hydrogen-bond acceptors (Lipinski definition) is 3. The van der Waals surface area contributed by atoms with Crippen LogP contribution in [-0.4, -0.2) is 23.1 Å². The van der Waals surface area contributed by atoms with Crippen LogP contribution in [0.5, 0.6) is 0 Å². The van der Waals surface area contributed by atoms with Gasteiger partial charge in [0, 0.05) is 37.1 Å². The van der Waals surface area contributed by atoms with Crippen LogP contribution in [0.15, 0.2) is 66.0 Å². The molecule has 0 aliphatic heterocycles. The Balaban J connectivity index is 1.78. The van der Waals surface area contributed by atoms with Crippen LogP contribution in [0.1, 0.15) is 22.9 Å². The number of benzene rings is 2. The molecule has 1 atom stereocenters. The van der Waals surface area contributed by atoms with Gasteiger partial charge in [-0.3, -0.25) is 4.90 Å². The molecule has 0 radical (unpaired) electrons. The van der Waals surface area contributed by atoms with Crippen molar-refractivity contribution in [3.05, 3.63) is 86.8 Å². The largest absolute Gasteiger partial charge is 0.330 e. The average Bonchev–Trinajstić information content (AvgIpc) is 2.97. The molecule has 1 unspecified atom stereocenters. The molecule has 0 saturated carbocycles. The van der Waals surface area contributed by atoms with E-state index < -0.39 is 0 Å². The first-order chi connectivity index (χ1) is 12.1. The summed E-state index contributed by atoms with van der Waals surface area (Å²) in [6.07, 6.45) is 2.03. The van der Waals surface area contributed by atoms with Crippen molar-refractivity contribution in [3.63, 3.8) is 0 Å². The van der Waals surface area contributed by atoms with Gasteiger partial charge in [-0.1, -0.05) is 60.7 Å². The summed E-state index contributed by atoms with van der Waals surface area (Å²) >= 11 is 7.04. The fraction of sp³-hybridized carbons (Fsp3) is 0.286. The number of aromatic nitrogens is 1. The molecule has 1 aromatic heterocycles. The van der Waals surface area contributed by atoms with Crippen LogP contribution in [0.3, 0.4) is 0 Å². The smallest absolute Gasteiger partial charge is 0.160 e. The highest BCUT2D eigenvalue weighted by Crippen LogP contribution is 2.25. The molecule has 2 aromatic carbocycles. The fourth-order valence-electron chi connectivity index (χ4n) is 3.09. The lowest BCUT2D eigenvalue weighted by molar-refractivity contribution is 0.243. The SMILES string of the molecule is CN(CCc1ccccc1)C(Cc1csc(=S)n1C)c1ccccc1. The van der Waals surface area contributed by atoms with Crippen LogP contribution >= 0.6 is 23.6 Å². The van der Waals surface area contributed by atoms with Crippen molar-refractivity contribution in [2.24, 2.45) is 7.05 Å². The van der Waals surface area contributed by atoms with Gasteiger partial charge in [0.2, 0.25) is 0 Å². The monoisotopic (exact) mass is 368 g/mol. The van der Waals surface area contributed by atoms with Crippen LogP contribution in [0.2, 0.25) is 0 Å². The molecule has 1 heterocycles. The third kappa shape index (κ3) is 4.66. The maximum Gasteiger partial charge on any atom is 0.160 e. The molecule has 4 heteroatoms. The Morgan fingerprint density at radius 2 is 1.68 bits per heavy atom. The second-order valence-electron chi connectivity index (χ2n) is 6.40. The van der Waals surface area contributed by atoms with Crippen LogP contribution < -0.4 is 0 Å².